The van der Waals surface area contributed by atoms with Crippen LogP contribution in [0.1, 0.15) is 34.1 Å². The zero-order chi connectivity index (χ0) is 12.3. The van der Waals surface area contributed by atoms with Crippen molar-refractivity contribution in [2.75, 3.05) is 0 Å². The monoisotopic (exact) mass is 230 g/mol. The lowest BCUT2D eigenvalue weighted by atomic mass is 9.93. The van der Waals surface area contributed by atoms with E-state index in [-0.39, 0.29) is 24.1 Å². The van der Waals surface area contributed by atoms with E-state index in [2.05, 4.69) is 0 Å². The van der Waals surface area contributed by atoms with Gasteiger partial charge >= 0.3 is 11.9 Å². The molecule has 0 spiro atoms. The summed E-state index contributed by atoms with van der Waals surface area (Å²) in [6, 6.07) is 0. The molecule has 0 aromatic rings. The van der Waals surface area contributed by atoms with Gasteiger partial charge in [-0.2, -0.15) is 0 Å². The quantitative estimate of drug-likeness (QED) is 0.668. The lowest BCUT2D eigenvalue weighted by molar-refractivity contribution is -0.229. The Morgan fingerprint density at radius 3 is 2.19 bits per heavy atom. The standard InChI is InChI=1S/C11H18O5/c1-6-7(2)14-11(16-9(4)13)5-10(6)15-8(3)12/h6-7,10-11H,5H2,1-4H3/t6-,7+,10+,11-/m1/s1. The van der Waals surface area contributed by atoms with Crippen molar-refractivity contribution in [3.05, 3.63) is 0 Å². The number of hydrogen-bond donors (Lipinski definition) is 0. The van der Waals surface area contributed by atoms with Crippen LogP contribution in [0, 0.1) is 5.92 Å². The molecular formula is C11H18O5. The summed E-state index contributed by atoms with van der Waals surface area (Å²) >= 11 is 0. The van der Waals surface area contributed by atoms with Gasteiger partial charge in [-0.25, -0.2) is 0 Å². The molecule has 92 valence electrons. The Morgan fingerprint density at radius 2 is 1.69 bits per heavy atom. The summed E-state index contributed by atoms with van der Waals surface area (Å²) < 4.78 is 15.6. The molecule has 1 rings (SSSR count). The molecule has 1 heterocycles. The minimum atomic E-state index is -0.618. The van der Waals surface area contributed by atoms with Crippen LogP contribution in [0.3, 0.4) is 0 Å². The maximum atomic E-state index is 10.9. The molecule has 1 aliphatic rings. The van der Waals surface area contributed by atoms with Crippen molar-refractivity contribution < 1.29 is 23.8 Å². The third kappa shape index (κ3) is 3.48. The third-order valence-corrected chi connectivity index (χ3v) is 2.73. The first-order valence-electron chi connectivity index (χ1n) is 5.40. The van der Waals surface area contributed by atoms with Crippen LogP contribution in [0.25, 0.3) is 0 Å². The summed E-state index contributed by atoms with van der Waals surface area (Å²) in [5, 5.41) is 0. The van der Waals surface area contributed by atoms with E-state index in [1.165, 1.54) is 13.8 Å². The summed E-state index contributed by atoms with van der Waals surface area (Å²) in [6.45, 7) is 6.51. The molecule has 0 unspecified atom stereocenters. The van der Waals surface area contributed by atoms with Crippen LogP contribution in [-0.4, -0.2) is 30.4 Å². The van der Waals surface area contributed by atoms with Gasteiger partial charge in [-0.05, 0) is 6.92 Å². The van der Waals surface area contributed by atoms with Gasteiger partial charge < -0.3 is 14.2 Å². The lowest BCUT2D eigenvalue weighted by Crippen LogP contribution is -2.44. The number of carbonyl (C=O) groups excluding carboxylic acids is 2. The second-order valence-corrected chi connectivity index (χ2v) is 4.12. The summed E-state index contributed by atoms with van der Waals surface area (Å²) in [6.07, 6.45) is -0.592. The number of rotatable bonds is 2. The number of carbonyl (C=O) groups is 2. The molecule has 5 heteroatoms. The van der Waals surface area contributed by atoms with Gasteiger partial charge in [0, 0.05) is 26.2 Å². The molecule has 0 aromatic carbocycles. The number of esters is 2. The van der Waals surface area contributed by atoms with Crippen LogP contribution in [0.15, 0.2) is 0 Å². The van der Waals surface area contributed by atoms with Crippen molar-refractivity contribution in [3.63, 3.8) is 0 Å². The Kier molecular flexibility index (Phi) is 4.29. The molecule has 1 fully saturated rings. The second-order valence-electron chi connectivity index (χ2n) is 4.12. The van der Waals surface area contributed by atoms with Crippen LogP contribution < -0.4 is 0 Å². The van der Waals surface area contributed by atoms with E-state index < -0.39 is 12.3 Å². The topological polar surface area (TPSA) is 61.8 Å². The first-order valence-corrected chi connectivity index (χ1v) is 5.40. The minimum absolute atomic E-state index is 0.0932. The van der Waals surface area contributed by atoms with E-state index in [1.807, 2.05) is 13.8 Å². The van der Waals surface area contributed by atoms with Crippen molar-refractivity contribution in [2.45, 2.75) is 52.6 Å². The largest absolute Gasteiger partial charge is 0.462 e. The average Bonchev–Trinajstić information content (AvgIpc) is 2.11. The van der Waals surface area contributed by atoms with Crippen molar-refractivity contribution in [2.24, 2.45) is 5.92 Å². The zero-order valence-corrected chi connectivity index (χ0v) is 10.1. The maximum absolute atomic E-state index is 10.9. The molecule has 4 atom stereocenters. The second kappa shape index (κ2) is 5.30. The van der Waals surface area contributed by atoms with Crippen LogP contribution in [0.2, 0.25) is 0 Å². The molecule has 1 aliphatic heterocycles. The fourth-order valence-corrected chi connectivity index (χ4v) is 1.76. The van der Waals surface area contributed by atoms with Gasteiger partial charge in [0.1, 0.15) is 6.10 Å². The first kappa shape index (κ1) is 13.0. The molecule has 0 amide bonds. The fourth-order valence-electron chi connectivity index (χ4n) is 1.76. The van der Waals surface area contributed by atoms with Crippen LogP contribution in [0.4, 0.5) is 0 Å². The van der Waals surface area contributed by atoms with E-state index in [0.29, 0.717) is 6.42 Å². The predicted molar refractivity (Wildman–Crippen MR) is 55.4 cm³/mol. The van der Waals surface area contributed by atoms with Gasteiger partial charge in [-0.1, -0.05) is 6.92 Å². The van der Waals surface area contributed by atoms with Gasteiger partial charge in [-0.15, -0.1) is 0 Å². The average molecular weight is 230 g/mol. The summed E-state index contributed by atoms with van der Waals surface area (Å²) in [5.74, 6) is -0.628. The number of hydrogen-bond acceptors (Lipinski definition) is 5. The third-order valence-electron chi connectivity index (χ3n) is 2.73. The molecule has 16 heavy (non-hydrogen) atoms. The van der Waals surface area contributed by atoms with Gasteiger partial charge in [-0.3, -0.25) is 9.59 Å². The van der Waals surface area contributed by atoms with Crippen molar-refractivity contribution >= 4 is 11.9 Å². The highest BCUT2D eigenvalue weighted by Gasteiger charge is 2.36. The first-order chi connectivity index (χ1) is 7.40. The Labute approximate surface area is 95.0 Å². The van der Waals surface area contributed by atoms with Crippen LogP contribution >= 0.6 is 0 Å². The minimum Gasteiger partial charge on any atom is -0.462 e. The Balaban J connectivity index is 2.61. The molecule has 5 nitrogen and oxygen atoms in total. The van der Waals surface area contributed by atoms with Crippen molar-refractivity contribution in [1.82, 2.24) is 0 Å². The molecule has 0 radical (unpaired) electrons. The molecule has 0 bridgehead atoms. The molecule has 0 aliphatic carbocycles. The highest BCUT2D eigenvalue weighted by Crippen LogP contribution is 2.28. The van der Waals surface area contributed by atoms with E-state index in [9.17, 15) is 9.59 Å². The Bertz CT molecular complexity index is 276. The Morgan fingerprint density at radius 1 is 1.12 bits per heavy atom. The molecular weight excluding hydrogens is 212 g/mol. The smallest absolute Gasteiger partial charge is 0.304 e. The van der Waals surface area contributed by atoms with Gasteiger partial charge in [0.25, 0.3) is 0 Å². The van der Waals surface area contributed by atoms with Crippen LogP contribution in [0.5, 0.6) is 0 Å². The van der Waals surface area contributed by atoms with Crippen molar-refractivity contribution in [3.8, 4) is 0 Å². The van der Waals surface area contributed by atoms with E-state index in [1.54, 1.807) is 0 Å². The summed E-state index contributed by atoms with van der Waals surface area (Å²) in [4.78, 5) is 21.7. The summed E-state index contributed by atoms with van der Waals surface area (Å²) in [5.41, 5.74) is 0. The van der Waals surface area contributed by atoms with E-state index in [0.717, 1.165) is 0 Å². The van der Waals surface area contributed by atoms with Gasteiger partial charge in [0.15, 0.2) is 0 Å². The fraction of sp³-hybridized carbons (Fsp3) is 0.818. The number of ether oxygens (including phenoxy) is 3. The predicted octanol–water partition coefficient (Wildman–Crippen LogP) is 1.25. The highest BCUT2D eigenvalue weighted by atomic mass is 16.7. The van der Waals surface area contributed by atoms with E-state index >= 15 is 0 Å². The maximum Gasteiger partial charge on any atom is 0.304 e. The van der Waals surface area contributed by atoms with Crippen LogP contribution in [-0.2, 0) is 23.8 Å². The van der Waals surface area contributed by atoms with Gasteiger partial charge in [0.2, 0.25) is 6.29 Å². The zero-order valence-electron chi connectivity index (χ0n) is 10.1. The Hall–Kier alpha value is -1.10. The molecule has 0 N–H and O–H groups in total. The summed E-state index contributed by atoms with van der Waals surface area (Å²) in [7, 11) is 0. The normalized spacial score (nSPS) is 34.2. The van der Waals surface area contributed by atoms with Crippen molar-refractivity contribution in [1.29, 1.82) is 0 Å². The molecule has 1 saturated heterocycles. The lowest BCUT2D eigenvalue weighted by Gasteiger charge is -2.37. The molecule has 0 saturated carbocycles. The van der Waals surface area contributed by atoms with Gasteiger partial charge in [0.05, 0.1) is 6.10 Å². The van der Waals surface area contributed by atoms with E-state index in [4.69, 9.17) is 14.2 Å². The SMILES string of the molecule is CC(=O)O[C@@H]1C[C@H](OC(C)=O)[C@H](C)[C@H](C)O1. The molecule has 0 aromatic heterocycles. The highest BCUT2D eigenvalue weighted by molar-refractivity contribution is 5.66.